The van der Waals surface area contributed by atoms with E-state index >= 15 is 0 Å². The van der Waals surface area contributed by atoms with Crippen LogP contribution in [0, 0.1) is 11.6 Å². The predicted molar refractivity (Wildman–Crippen MR) is 74.4 cm³/mol. The van der Waals surface area contributed by atoms with E-state index in [-0.39, 0.29) is 5.56 Å². The fraction of sp³-hybridized carbons (Fsp3) is 0.0833. The van der Waals surface area contributed by atoms with Gasteiger partial charge < -0.3 is 10.2 Å². The van der Waals surface area contributed by atoms with E-state index in [1.54, 1.807) is 0 Å². The topological polar surface area (TPSA) is 57.5 Å². The van der Waals surface area contributed by atoms with Gasteiger partial charge in [0.05, 0.1) is 5.56 Å². The molecule has 0 aliphatic carbocycles. The van der Waals surface area contributed by atoms with E-state index in [0.29, 0.717) is 25.8 Å². The van der Waals surface area contributed by atoms with Crippen LogP contribution in [0.1, 0.15) is 26.9 Å². The average molecular weight is 384 g/mol. The summed E-state index contributed by atoms with van der Waals surface area (Å²) >= 11 is 9.98. The lowest BCUT2D eigenvalue weighted by atomic mass is 10.0. The molecule has 2 aromatic rings. The summed E-state index contributed by atoms with van der Waals surface area (Å²) in [5.74, 6) is -3.98. The summed E-state index contributed by atoms with van der Waals surface area (Å²) in [5, 5.41) is 19.2. The second-order valence-electron chi connectivity index (χ2n) is 3.83. The lowest BCUT2D eigenvalue weighted by Crippen LogP contribution is -2.09. The number of benzene rings is 1. The van der Waals surface area contributed by atoms with Crippen LogP contribution in [0.15, 0.2) is 22.7 Å². The van der Waals surface area contributed by atoms with E-state index in [9.17, 15) is 18.7 Å². The van der Waals surface area contributed by atoms with Gasteiger partial charge in [-0.3, -0.25) is 0 Å². The van der Waals surface area contributed by atoms with Gasteiger partial charge in [0.15, 0.2) is 11.6 Å². The highest BCUT2D eigenvalue weighted by molar-refractivity contribution is 9.10. The first kappa shape index (κ1) is 15.4. The third kappa shape index (κ3) is 2.85. The van der Waals surface area contributed by atoms with Crippen LogP contribution in [-0.4, -0.2) is 16.2 Å². The van der Waals surface area contributed by atoms with E-state index in [1.807, 2.05) is 0 Å². The Balaban J connectivity index is 2.56. The molecule has 106 valence electrons. The summed E-state index contributed by atoms with van der Waals surface area (Å²) in [6.45, 7) is 0. The third-order valence-corrected chi connectivity index (χ3v) is 5.08. The molecular formula is C12H6BrClF2O3S. The lowest BCUT2D eigenvalue weighted by Gasteiger charge is -2.12. The maximum absolute atomic E-state index is 13.3. The molecule has 1 unspecified atom stereocenters. The number of hydrogen-bond donors (Lipinski definition) is 2. The van der Waals surface area contributed by atoms with Gasteiger partial charge in [0.25, 0.3) is 0 Å². The molecule has 0 fully saturated rings. The molecule has 0 amide bonds. The number of aliphatic hydroxyl groups is 1. The number of halogens is 4. The number of thiophene rings is 1. The van der Waals surface area contributed by atoms with Crippen molar-refractivity contribution in [3.63, 3.8) is 0 Å². The van der Waals surface area contributed by atoms with Gasteiger partial charge >= 0.3 is 5.97 Å². The molecule has 1 atom stereocenters. The zero-order valence-electron chi connectivity index (χ0n) is 9.53. The van der Waals surface area contributed by atoms with Gasteiger partial charge in [0.1, 0.15) is 10.4 Å². The number of carboxylic acid groups (broad SMARTS) is 1. The van der Waals surface area contributed by atoms with Crippen molar-refractivity contribution in [3.8, 4) is 0 Å². The quantitative estimate of drug-likeness (QED) is 0.834. The van der Waals surface area contributed by atoms with Crippen LogP contribution in [0.3, 0.4) is 0 Å². The Morgan fingerprint density at radius 2 is 1.90 bits per heavy atom. The monoisotopic (exact) mass is 382 g/mol. The molecule has 8 heteroatoms. The molecule has 0 saturated carbocycles. The molecule has 2 rings (SSSR count). The molecule has 2 N–H and O–H groups in total. The zero-order chi connectivity index (χ0) is 15.0. The highest BCUT2D eigenvalue weighted by Gasteiger charge is 2.23. The molecule has 0 aliphatic rings. The number of carbonyl (C=O) groups is 1. The molecule has 3 nitrogen and oxygen atoms in total. The van der Waals surface area contributed by atoms with Gasteiger partial charge in [-0.25, -0.2) is 13.6 Å². The minimum Gasteiger partial charge on any atom is -0.478 e. The Bertz CT molecular complexity index is 670. The normalized spacial score (nSPS) is 12.4. The first-order valence-corrected chi connectivity index (χ1v) is 7.15. The summed E-state index contributed by atoms with van der Waals surface area (Å²) < 4.78 is 27.3. The molecular weight excluding hydrogens is 378 g/mol. The Morgan fingerprint density at radius 3 is 2.40 bits per heavy atom. The van der Waals surface area contributed by atoms with Gasteiger partial charge in [-0.2, -0.15) is 0 Å². The van der Waals surface area contributed by atoms with Crippen LogP contribution < -0.4 is 0 Å². The van der Waals surface area contributed by atoms with Crippen molar-refractivity contribution >= 4 is 44.8 Å². The number of rotatable bonds is 3. The van der Waals surface area contributed by atoms with Crippen LogP contribution in [-0.2, 0) is 0 Å². The standard InChI is InChI=1S/C12H6BrClF2O3S/c13-6-3-9(20-11(6)14)10(17)4-1-7(15)8(16)2-5(4)12(18)19/h1-3,10,17H,(H,18,19). The van der Waals surface area contributed by atoms with E-state index < -0.39 is 29.3 Å². The molecule has 20 heavy (non-hydrogen) atoms. The summed E-state index contributed by atoms with van der Waals surface area (Å²) in [4.78, 5) is 11.4. The SMILES string of the molecule is O=C(O)c1cc(F)c(F)cc1C(O)c1cc(Br)c(Cl)s1. The molecule has 1 aromatic carbocycles. The van der Waals surface area contributed by atoms with Crippen molar-refractivity contribution < 1.29 is 23.8 Å². The van der Waals surface area contributed by atoms with E-state index in [0.717, 1.165) is 11.3 Å². The average Bonchev–Trinajstić information content (AvgIpc) is 2.71. The van der Waals surface area contributed by atoms with Crippen LogP contribution >= 0.6 is 38.9 Å². The molecule has 0 aliphatic heterocycles. The van der Waals surface area contributed by atoms with E-state index in [1.165, 1.54) is 6.07 Å². The maximum atomic E-state index is 13.3. The highest BCUT2D eigenvalue weighted by atomic mass is 79.9. The van der Waals surface area contributed by atoms with Gasteiger partial charge in [0.2, 0.25) is 0 Å². The molecule has 0 radical (unpaired) electrons. The maximum Gasteiger partial charge on any atom is 0.336 e. The Morgan fingerprint density at radius 1 is 1.30 bits per heavy atom. The minimum absolute atomic E-state index is 0.234. The van der Waals surface area contributed by atoms with Crippen molar-refractivity contribution in [2.45, 2.75) is 6.10 Å². The second kappa shape index (κ2) is 5.77. The minimum atomic E-state index is -1.46. The second-order valence-corrected chi connectivity index (χ2v) is 6.37. The Kier molecular flexibility index (Phi) is 4.43. The summed E-state index contributed by atoms with van der Waals surface area (Å²) in [6.07, 6.45) is -1.41. The van der Waals surface area contributed by atoms with Crippen molar-refractivity contribution in [1.29, 1.82) is 0 Å². The lowest BCUT2D eigenvalue weighted by molar-refractivity contribution is 0.0690. The van der Waals surface area contributed by atoms with Crippen molar-refractivity contribution in [2.24, 2.45) is 0 Å². The summed E-state index contributed by atoms with van der Waals surface area (Å²) in [7, 11) is 0. The van der Waals surface area contributed by atoms with Crippen molar-refractivity contribution in [3.05, 3.63) is 54.6 Å². The van der Waals surface area contributed by atoms with E-state index in [2.05, 4.69) is 15.9 Å². The van der Waals surface area contributed by atoms with Crippen LogP contribution in [0.4, 0.5) is 8.78 Å². The van der Waals surface area contributed by atoms with Gasteiger partial charge in [0, 0.05) is 14.9 Å². The van der Waals surface area contributed by atoms with Crippen molar-refractivity contribution in [1.82, 2.24) is 0 Å². The molecule has 0 spiro atoms. The zero-order valence-corrected chi connectivity index (χ0v) is 12.7. The van der Waals surface area contributed by atoms with Crippen LogP contribution in [0.2, 0.25) is 4.34 Å². The molecule has 0 bridgehead atoms. The Labute approximate surface area is 129 Å². The molecule has 0 saturated heterocycles. The van der Waals surface area contributed by atoms with Gasteiger partial charge in [-0.1, -0.05) is 11.6 Å². The fourth-order valence-electron chi connectivity index (χ4n) is 1.62. The summed E-state index contributed by atoms with van der Waals surface area (Å²) in [5.41, 5.74) is -0.737. The number of aromatic carboxylic acids is 1. The number of aliphatic hydroxyl groups excluding tert-OH is 1. The predicted octanol–water partition coefficient (Wildman–Crippen LogP) is 4.22. The first-order valence-electron chi connectivity index (χ1n) is 5.16. The van der Waals surface area contributed by atoms with Crippen molar-refractivity contribution in [2.75, 3.05) is 0 Å². The van der Waals surface area contributed by atoms with Crippen LogP contribution in [0.25, 0.3) is 0 Å². The summed E-state index contributed by atoms with van der Waals surface area (Å²) in [6, 6.07) is 2.70. The Hall–Kier alpha value is -1.02. The highest BCUT2D eigenvalue weighted by Crippen LogP contribution is 2.38. The fourth-order valence-corrected chi connectivity index (χ4v) is 3.37. The van der Waals surface area contributed by atoms with Gasteiger partial charge in [-0.15, -0.1) is 11.3 Å². The third-order valence-electron chi connectivity index (χ3n) is 2.55. The van der Waals surface area contributed by atoms with Gasteiger partial charge in [-0.05, 0) is 34.1 Å². The first-order chi connectivity index (χ1) is 9.31. The smallest absolute Gasteiger partial charge is 0.336 e. The largest absolute Gasteiger partial charge is 0.478 e. The molecule has 1 heterocycles. The molecule has 1 aromatic heterocycles. The number of hydrogen-bond acceptors (Lipinski definition) is 3. The van der Waals surface area contributed by atoms with E-state index in [4.69, 9.17) is 16.7 Å². The number of carboxylic acids is 1. The van der Waals surface area contributed by atoms with Crippen LogP contribution in [0.5, 0.6) is 0 Å².